The number of aliphatic hydroxyl groups is 1. The van der Waals surface area contributed by atoms with Crippen LogP contribution in [0.5, 0.6) is 0 Å². The van der Waals surface area contributed by atoms with E-state index in [2.05, 4.69) is 0 Å². The molecule has 1 aliphatic heterocycles. The standard InChI is InChI=1S/C20H21F3O4/c21-20(22,23)19-18(26-13-15-9-5-2-6-10-15)16(11-17(24)27-19)25-12-14-7-3-1-4-8-14/h1-10,16-19,24H,11-13H2/t16-,17?,18-,19+/m0/s1. The quantitative estimate of drug-likeness (QED) is 0.825. The molecule has 3 rings (SSSR count). The number of hydrogen-bond acceptors (Lipinski definition) is 4. The minimum atomic E-state index is -4.68. The minimum Gasteiger partial charge on any atom is -0.371 e. The second-order valence-electron chi connectivity index (χ2n) is 6.38. The van der Waals surface area contributed by atoms with Crippen LogP contribution in [0.15, 0.2) is 60.7 Å². The van der Waals surface area contributed by atoms with E-state index in [9.17, 15) is 18.3 Å². The molecule has 1 aliphatic rings. The number of halogens is 3. The Morgan fingerprint density at radius 2 is 1.41 bits per heavy atom. The highest BCUT2D eigenvalue weighted by molar-refractivity contribution is 5.14. The number of alkyl halides is 3. The molecular formula is C20H21F3O4. The number of ether oxygens (including phenoxy) is 3. The van der Waals surface area contributed by atoms with Gasteiger partial charge in [-0.15, -0.1) is 0 Å². The van der Waals surface area contributed by atoms with Crippen LogP contribution in [0, 0.1) is 0 Å². The molecule has 146 valence electrons. The van der Waals surface area contributed by atoms with Crippen LogP contribution in [0.2, 0.25) is 0 Å². The molecule has 0 aliphatic carbocycles. The largest absolute Gasteiger partial charge is 0.417 e. The van der Waals surface area contributed by atoms with Crippen molar-refractivity contribution in [2.75, 3.05) is 0 Å². The molecule has 0 radical (unpaired) electrons. The highest BCUT2D eigenvalue weighted by Crippen LogP contribution is 2.35. The third-order valence-electron chi connectivity index (χ3n) is 4.32. The maximum Gasteiger partial charge on any atom is 0.417 e. The van der Waals surface area contributed by atoms with Gasteiger partial charge in [0.15, 0.2) is 12.4 Å². The Morgan fingerprint density at radius 1 is 0.889 bits per heavy atom. The first-order valence-electron chi connectivity index (χ1n) is 8.65. The molecule has 1 fully saturated rings. The molecular weight excluding hydrogens is 361 g/mol. The van der Waals surface area contributed by atoms with Gasteiger partial charge in [0.1, 0.15) is 6.10 Å². The second kappa shape index (κ2) is 8.84. The van der Waals surface area contributed by atoms with E-state index >= 15 is 0 Å². The van der Waals surface area contributed by atoms with Gasteiger partial charge in [-0.1, -0.05) is 60.7 Å². The van der Waals surface area contributed by atoms with Gasteiger partial charge in [0.25, 0.3) is 0 Å². The Bertz CT molecular complexity index is 693. The molecule has 1 N–H and O–H groups in total. The zero-order valence-electron chi connectivity index (χ0n) is 14.5. The summed E-state index contributed by atoms with van der Waals surface area (Å²) in [4.78, 5) is 0. The molecule has 0 spiro atoms. The first-order valence-corrected chi connectivity index (χ1v) is 8.65. The lowest BCUT2D eigenvalue weighted by Gasteiger charge is -2.40. The topological polar surface area (TPSA) is 47.9 Å². The van der Waals surface area contributed by atoms with Gasteiger partial charge >= 0.3 is 6.18 Å². The van der Waals surface area contributed by atoms with Crippen LogP contribution in [-0.2, 0) is 27.4 Å². The van der Waals surface area contributed by atoms with Crippen molar-refractivity contribution in [1.82, 2.24) is 0 Å². The molecule has 27 heavy (non-hydrogen) atoms. The van der Waals surface area contributed by atoms with Crippen LogP contribution in [0.1, 0.15) is 17.5 Å². The van der Waals surface area contributed by atoms with Crippen molar-refractivity contribution in [2.24, 2.45) is 0 Å². The summed E-state index contributed by atoms with van der Waals surface area (Å²) < 4.78 is 56.4. The van der Waals surface area contributed by atoms with E-state index < -0.39 is 30.8 Å². The predicted octanol–water partition coefficient (Wildman–Crippen LogP) is 3.83. The lowest BCUT2D eigenvalue weighted by molar-refractivity contribution is -0.332. The Labute approximate surface area is 155 Å². The summed E-state index contributed by atoms with van der Waals surface area (Å²) in [5.74, 6) is 0. The molecule has 1 unspecified atom stereocenters. The summed E-state index contributed by atoms with van der Waals surface area (Å²) in [6, 6.07) is 18.0. The minimum absolute atomic E-state index is 0.0112. The zero-order valence-corrected chi connectivity index (χ0v) is 14.5. The average molecular weight is 382 g/mol. The predicted molar refractivity (Wildman–Crippen MR) is 91.6 cm³/mol. The Balaban J connectivity index is 1.73. The van der Waals surface area contributed by atoms with Gasteiger partial charge in [0.05, 0.1) is 19.3 Å². The molecule has 2 aromatic carbocycles. The van der Waals surface area contributed by atoms with Crippen LogP contribution in [0.3, 0.4) is 0 Å². The molecule has 0 bridgehead atoms. The van der Waals surface area contributed by atoms with Crippen LogP contribution in [0.25, 0.3) is 0 Å². The Kier molecular flexibility index (Phi) is 6.49. The SMILES string of the molecule is OC1C[C@H](OCc2ccccc2)[C@H](OCc2ccccc2)[C@H](C(F)(F)F)O1. The molecule has 0 amide bonds. The van der Waals surface area contributed by atoms with E-state index in [-0.39, 0.29) is 19.6 Å². The molecule has 2 aromatic rings. The van der Waals surface area contributed by atoms with Crippen molar-refractivity contribution in [2.45, 2.75) is 50.4 Å². The lowest BCUT2D eigenvalue weighted by atomic mass is 10.00. The number of hydrogen-bond donors (Lipinski definition) is 1. The normalized spacial score (nSPS) is 26.1. The van der Waals surface area contributed by atoms with Crippen LogP contribution < -0.4 is 0 Å². The highest BCUT2D eigenvalue weighted by atomic mass is 19.4. The van der Waals surface area contributed by atoms with Crippen LogP contribution in [0.4, 0.5) is 13.2 Å². The summed E-state index contributed by atoms with van der Waals surface area (Å²) in [6.45, 7) is 0.108. The summed E-state index contributed by atoms with van der Waals surface area (Å²) in [7, 11) is 0. The van der Waals surface area contributed by atoms with Gasteiger partial charge in [-0.2, -0.15) is 13.2 Å². The van der Waals surface area contributed by atoms with Gasteiger partial charge in [0, 0.05) is 6.42 Å². The maximum atomic E-state index is 13.5. The van der Waals surface area contributed by atoms with Gasteiger partial charge in [-0.3, -0.25) is 0 Å². The molecule has 0 saturated carbocycles. The summed E-state index contributed by atoms with van der Waals surface area (Å²) in [5, 5.41) is 9.76. The van der Waals surface area contributed by atoms with E-state index in [0.29, 0.717) is 0 Å². The first kappa shape index (κ1) is 19.8. The van der Waals surface area contributed by atoms with E-state index in [1.165, 1.54) is 0 Å². The molecule has 4 atom stereocenters. The van der Waals surface area contributed by atoms with Crippen LogP contribution in [-0.4, -0.2) is 35.9 Å². The van der Waals surface area contributed by atoms with Crippen molar-refractivity contribution < 1.29 is 32.5 Å². The third kappa shape index (κ3) is 5.52. The molecule has 1 heterocycles. The van der Waals surface area contributed by atoms with Gasteiger partial charge in [0.2, 0.25) is 0 Å². The number of rotatable bonds is 6. The van der Waals surface area contributed by atoms with E-state index in [1.807, 2.05) is 36.4 Å². The molecule has 7 heteroatoms. The Hall–Kier alpha value is -1.93. The lowest BCUT2D eigenvalue weighted by Crippen LogP contribution is -2.56. The third-order valence-corrected chi connectivity index (χ3v) is 4.32. The molecule has 1 saturated heterocycles. The van der Waals surface area contributed by atoms with Crippen molar-refractivity contribution >= 4 is 0 Å². The Morgan fingerprint density at radius 3 is 1.93 bits per heavy atom. The molecule has 0 aromatic heterocycles. The molecule has 4 nitrogen and oxygen atoms in total. The van der Waals surface area contributed by atoms with Crippen molar-refractivity contribution in [3.05, 3.63) is 71.8 Å². The fourth-order valence-electron chi connectivity index (χ4n) is 3.00. The summed E-state index contributed by atoms with van der Waals surface area (Å²) in [5.41, 5.74) is 1.57. The van der Waals surface area contributed by atoms with Crippen molar-refractivity contribution in [1.29, 1.82) is 0 Å². The fourth-order valence-corrected chi connectivity index (χ4v) is 3.00. The fraction of sp³-hybridized carbons (Fsp3) is 0.400. The highest BCUT2D eigenvalue weighted by Gasteiger charge is 2.53. The second-order valence-corrected chi connectivity index (χ2v) is 6.38. The monoisotopic (exact) mass is 382 g/mol. The van der Waals surface area contributed by atoms with Gasteiger partial charge < -0.3 is 19.3 Å². The zero-order chi connectivity index (χ0) is 19.3. The summed E-state index contributed by atoms with van der Waals surface area (Å²) in [6.07, 6.45) is -10.9. The maximum absolute atomic E-state index is 13.5. The average Bonchev–Trinajstić information content (AvgIpc) is 2.66. The van der Waals surface area contributed by atoms with Gasteiger partial charge in [-0.25, -0.2) is 0 Å². The number of benzene rings is 2. The smallest absolute Gasteiger partial charge is 0.371 e. The summed E-state index contributed by atoms with van der Waals surface area (Å²) >= 11 is 0. The van der Waals surface area contributed by atoms with Crippen molar-refractivity contribution in [3.63, 3.8) is 0 Å². The van der Waals surface area contributed by atoms with Gasteiger partial charge in [-0.05, 0) is 11.1 Å². The van der Waals surface area contributed by atoms with Crippen molar-refractivity contribution in [3.8, 4) is 0 Å². The van der Waals surface area contributed by atoms with E-state index in [0.717, 1.165) is 11.1 Å². The van der Waals surface area contributed by atoms with E-state index in [4.69, 9.17) is 14.2 Å². The van der Waals surface area contributed by atoms with Crippen LogP contribution >= 0.6 is 0 Å². The number of aliphatic hydroxyl groups excluding tert-OH is 1. The first-order chi connectivity index (χ1) is 12.9. The van der Waals surface area contributed by atoms with E-state index in [1.54, 1.807) is 24.3 Å².